The maximum Gasteiger partial charge on any atom is 0.236 e. The van der Waals surface area contributed by atoms with Crippen molar-refractivity contribution in [2.24, 2.45) is 0 Å². The fourth-order valence-electron chi connectivity index (χ4n) is 1.89. The van der Waals surface area contributed by atoms with E-state index in [1.807, 2.05) is 37.0 Å². The first kappa shape index (κ1) is 16.2. The van der Waals surface area contributed by atoms with Crippen LogP contribution in [0.1, 0.15) is 18.7 Å². The molecule has 1 aromatic heterocycles. The number of nitrogens with zero attached hydrogens (tertiary/aromatic N) is 2. The van der Waals surface area contributed by atoms with Crippen LogP contribution in [0, 0.1) is 0 Å². The minimum atomic E-state index is 0.162. The summed E-state index contributed by atoms with van der Waals surface area (Å²) in [6.07, 6.45) is 1.82. The largest absolute Gasteiger partial charge is 0.342 e. The van der Waals surface area contributed by atoms with Gasteiger partial charge < -0.3 is 4.90 Å². The Balaban J connectivity index is 2.61. The van der Waals surface area contributed by atoms with Gasteiger partial charge in [0.1, 0.15) is 0 Å². The Kier molecular flexibility index (Phi) is 7.13. The predicted octanol–water partition coefficient (Wildman–Crippen LogP) is 3.26. The minimum Gasteiger partial charge on any atom is -0.342 e. The molecule has 0 radical (unpaired) electrons. The first-order chi connectivity index (χ1) is 9.10. The van der Waals surface area contributed by atoms with Crippen LogP contribution in [-0.4, -0.2) is 41.9 Å². The maximum absolute atomic E-state index is 12.1. The number of rotatable bonds is 8. The highest BCUT2D eigenvalue weighted by molar-refractivity contribution is 7.16. The molecule has 0 atom stereocenters. The number of thiophene rings is 1. The van der Waals surface area contributed by atoms with Crippen LogP contribution in [0.4, 0.5) is 0 Å². The van der Waals surface area contributed by atoms with Crippen LogP contribution in [0.15, 0.2) is 24.8 Å². The lowest BCUT2D eigenvalue weighted by Gasteiger charge is -2.24. The molecule has 3 nitrogen and oxygen atoms in total. The van der Waals surface area contributed by atoms with E-state index in [1.54, 1.807) is 11.3 Å². The average molecular weight is 301 g/mol. The highest BCUT2D eigenvalue weighted by Crippen LogP contribution is 2.22. The monoisotopic (exact) mass is 300 g/mol. The van der Waals surface area contributed by atoms with Gasteiger partial charge in [0.2, 0.25) is 5.91 Å². The average Bonchev–Trinajstić information content (AvgIpc) is 2.76. The summed E-state index contributed by atoms with van der Waals surface area (Å²) in [6, 6.07) is 3.89. The van der Waals surface area contributed by atoms with Crippen molar-refractivity contribution in [3.8, 4) is 0 Å². The highest BCUT2D eigenvalue weighted by Gasteiger charge is 2.15. The molecule has 1 aromatic rings. The van der Waals surface area contributed by atoms with Crippen LogP contribution in [0.5, 0.6) is 0 Å². The Hall–Kier alpha value is -0.840. The highest BCUT2D eigenvalue weighted by atomic mass is 35.5. The second kappa shape index (κ2) is 8.35. The molecule has 5 heteroatoms. The van der Waals surface area contributed by atoms with Crippen molar-refractivity contribution in [1.29, 1.82) is 0 Å². The van der Waals surface area contributed by atoms with Crippen LogP contribution in [-0.2, 0) is 11.3 Å². The Bertz CT molecular complexity index is 415. The molecule has 1 heterocycles. The number of hydrogen-bond acceptors (Lipinski definition) is 3. The third-order valence-corrected chi connectivity index (χ3v) is 4.09. The molecule has 0 aliphatic rings. The van der Waals surface area contributed by atoms with Crippen molar-refractivity contribution in [1.82, 2.24) is 9.80 Å². The molecular formula is C14H21ClN2OS. The van der Waals surface area contributed by atoms with Gasteiger partial charge in [-0.2, -0.15) is 0 Å². The van der Waals surface area contributed by atoms with Crippen LogP contribution in [0.2, 0.25) is 4.34 Å². The lowest BCUT2D eigenvalue weighted by Crippen LogP contribution is -2.40. The fraction of sp³-hybridized carbons (Fsp3) is 0.500. The molecule has 106 valence electrons. The smallest absolute Gasteiger partial charge is 0.236 e. The second-order valence-electron chi connectivity index (χ2n) is 4.23. The lowest BCUT2D eigenvalue weighted by molar-refractivity contribution is -0.132. The van der Waals surface area contributed by atoms with Crippen molar-refractivity contribution in [2.45, 2.75) is 20.4 Å². The maximum atomic E-state index is 12.1. The Labute approximate surface area is 124 Å². The van der Waals surface area contributed by atoms with E-state index in [0.717, 1.165) is 24.0 Å². The van der Waals surface area contributed by atoms with Crippen LogP contribution in [0.3, 0.4) is 0 Å². The van der Waals surface area contributed by atoms with Gasteiger partial charge >= 0.3 is 0 Å². The summed E-state index contributed by atoms with van der Waals surface area (Å²) in [5.74, 6) is 0.162. The first-order valence-electron chi connectivity index (χ1n) is 6.45. The van der Waals surface area contributed by atoms with E-state index >= 15 is 0 Å². The number of carbonyl (C=O) groups is 1. The van der Waals surface area contributed by atoms with Gasteiger partial charge in [0, 0.05) is 31.1 Å². The fourth-order valence-corrected chi connectivity index (χ4v) is 3.02. The molecule has 0 unspecified atom stereocenters. The molecule has 0 saturated heterocycles. The van der Waals surface area contributed by atoms with E-state index in [1.165, 1.54) is 4.88 Å². The summed E-state index contributed by atoms with van der Waals surface area (Å²) >= 11 is 7.48. The second-order valence-corrected chi connectivity index (χ2v) is 6.03. The molecule has 1 rings (SSSR count). The van der Waals surface area contributed by atoms with Crippen molar-refractivity contribution in [2.75, 3.05) is 26.2 Å². The summed E-state index contributed by atoms with van der Waals surface area (Å²) in [7, 11) is 0. The van der Waals surface area contributed by atoms with Crippen LogP contribution < -0.4 is 0 Å². The number of likely N-dealkylation sites (N-methyl/N-ethyl adjacent to an activating group) is 1. The van der Waals surface area contributed by atoms with Crippen molar-refractivity contribution < 1.29 is 4.79 Å². The van der Waals surface area contributed by atoms with Gasteiger partial charge in [0.25, 0.3) is 0 Å². The predicted molar refractivity (Wildman–Crippen MR) is 82.7 cm³/mol. The summed E-state index contributed by atoms with van der Waals surface area (Å²) in [6.45, 7) is 11.1. The molecule has 0 spiro atoms. The number of hydrogen-bond donors (Lipinski definition) is 0. The summed E-state index contributed by atoms with van der Waals surface area (Å²) in [5, 5.41) is 0. The standard InChI is InChI=1S/C14H21ClN2OS/c1-4-9-16(10-12-7-8-13(15)19-12)11-14(18)17(5-2)6-3/h4,7-8H,1,5-6,9-11H2,2-3H3. The third-order valence-electron chi connectivity index (χ3n) is 2.87. The van der Waals surface area contributed by atoms with Crippen LogP contribution in [0.25, 0.3) is 0 Å². The Morgan fingerprint density at radius 1 is 1.42 bits per heavy atom. The van der Waals surface area contributed by atoms with E-state index in [2.05, 4.69) is 11.5 Å². The quantitative estimate of drug-likeness (QED) is 0.688. The third kappa shape index (κ3) is 5.35. The van der Waals surface area contributed by atoms with E-state index in [4.69, 9.17) is 11.6 Å². The number of carbonyl (C=O) groups excluding carboxylic acids is 1. The van der Waals surface area contributed by atoms with Crippen molar-refractivity contribution in [3.05, 3.63) is 34.0 Å². The lowest BCUT2D eigenvalue weighted by atomic mass is 10.3. The molecule has 19 heavy (non-hydrogen) atoms. The number of halogens is 1. The van der Waals surface area contributed by atoms with Gasteiger partial charge in [-0.05, 0) is 26.0 Å². The summed E-state index contributed by atoms with van der Waals surface area (Å²) < 4.78 is 0.781. The van der Waals surface area contributed by atoms with E-state index < -0.39 is 0 Å². The van der Waals surface area contributed by atoms with Gasteiger partial charge in [-0.25, -0.2) is 0 Å². The number of amides is 1. The zero-order valence-corrected chi connectivity index (χ0v) is 13.1. The molecule has 0 aromatic carbocycles. The molecular weight excluding hydrogens is 280 g/mol. The SMILES string of the molecule is C=CCN(CC(=O)N(CC)CC)Cc1ccc(Cl)s1. The molecule has 0 bridgehead atoms. The Morgan fingerprint density at radius 3 is 2.58 bits per heavy atom. The molecule has 0 aliphatic heterocycles. The first-order valence-corrected chi connectivity index (χ1v) is 7.65. The molecule has 0 aliphatic carbocycles. The van der Waals surface area contributed by atoms with Gasteiger partial charge in [-0.3, -0.25) is 9.69 Å². The normalized spacial score (nSPS) is 10.7. The topological polar surface area (TPSA) is 23.6 Å². The summed E-state index contributed by atoms with van der Waals surface area (Å²) in [4.78, 5) is 17.2. The van der Waals surface area contributed by atoms with Crippen molar-refractivity contribution >= 4 is 28.8 Å². The van der Waals surface area contributed by atoms with E-state index in [-0.39, 0.29) is 5.91 Å². The molecule has 0 N–H and O–H groups in total. The summed E-state index contributed by atoms with van der Waals surface area (Å²) in [5.41, 5.74) is 0. The van der Waals surface area contributed by atoms with Gasteiger partial charge in [-0.15, -0.1) is 17.9 Å². The molecule has 1 amide bonds. The van der Waals surface area contributed by atoms with E-state index in [9.17, 15) is 4.79 Å². The zero-order valence-electron chi connectivity index (χ0n) is 11.6. The zero-order chi connectivity index (χ0) is 14.3. The molecule has 0 saturated carbocycles. The Morgan fingerprint density at radius 2 is 2.11 bits per heavy atom. The van der Waals surface area contributed by atoms with Crippen LogP contribution >= 0.6 is 22.9 Å². The van der Waals surface area contributed by atoms with Gasteiger partial charge in [0.15, 0.2) is 0 Å². The minimum absolute atomic E-state index is 0.162. The van der Waals surface area contributed by atoms with Gasteiger partial charge in [0.05, 0.1) is 10.9 Å². The van der Waals surface area contributed by atoms with Crippen molar-refractivity contribution in [3.63, 3.8) is 0 Å². The van der Waals surface area contributed by atoms with E-state index in [0.29, 0.717) is 13.1 Å². The molecule has 0 fully saturated rings. The van der Waals surface area contributed by atoms with Gasteiger partial charge in [-0.1, -0.05) is 17.7 Å².